The molecule has 3 aromatic carbocycles. The molecule has 0 radical (unpaired) electrons. The Balaban J connectivity index is 0.967. The van der Waals surface area contributed by atoms with Crippen molar-refractivity contribution in [3.63, 3.8) is 0 Å². The number of ether oxygens (including phenoxy) is 4. The van der Waals surface area contributed by atoms with Crippen molar-refractivity contribution in [3.05, 3.63) is 82.9 Å². The van der Waals surface area contributed by atoms with E-state index in [0.717, 1.165) is 24.0 Å². The second kappa shape index (κ2) is 22.8. The van der Waals surface area contributed by atoms with Gasteiger partial charge >= 0.3 is 5.97 Å². The number of esters is 1. The number of nitrogens with one attached hydrogen (secondary N) is 1. The Morgan fingerprint density at radius 3 is 2.10 bits per heavy atom. The molecule has 2 aliphatic heterocycles. The van der Waals surface area contributed by atoms with Gasteiger partial charge in [-0.1, -0.05) is 38.1 Å². The highest BCUT2D eigenvalue weighted by molar-refractivity contribution is 7.89. The van der Waals surface area contributed by atoms with Crippen LogP contribution in [0.2, 0.25) is 0 Å². The fourth-order valence-electron chi connectivity index (χ4n) is 6.61. The van der Waals surface area contributed by atoms with E-state index in [1.807, 2.05) is 49.1 Å². The zero-order chi connectivity index (χ0) is 44.8. The molecular weight excluding hydrogens is 839 g/mol. The molecule has 0 aliphatic carbocycles. The van der Waals surface area contributed by atoms with Crippen LogP contribution in [0.4, 0.5) is 23.2 Å². The number of hydrogen-bond acceptors (Lipinski definition) is 11. The van der Waals surface area contributed by atoms with Crippen LogP contribution in [0, 0.1) is 29.2 Å². The summed E-state index contributed by atoms with van der Waals surface area (Å²) in [6.07, 6.45) is 3.40. The zero-order valence-corrected chi connectivity index (χ0v) is 35.4. The number of sulfonamides is 1. The predicted molar refractivity (Wildman–Crippen MR) is 222 cm³/mol. The molecule has 19 heteroatoms. The third-order valence-corrected chi connectivity index (χ3v) is 11.6. The molecule has 1 saturated heterocycles. The van der Waals surface area contributed by atoms with Gasteiger partial charge in [0.05, 0.1) is 56.6 Å². The van der Waals surface area contributed by atoms with Crippen LogP contribution >= 0.6 is 0 Å². The van der Waals surface area contributed by atoms with E-state index in [2.05, 4.69) is 15.0 Å². The summed E-state index contributed by atoms with van der Waals surface area (Å²) in [6.45, 7) is 6.65. The molecule has 62 heavy (non-hydrogen) atoms. The highest BCUT2D eigenvalue weighted by atomic mass is 32.2. The van der Waals surface area contributed by atoms with E-state index < -0.39 is 51.4 Å². The molecule has 336 valence electrons. The van der Waals surface area contributed by atoms with Crippen LogP contribution in [-0.2, 0) is 38.6 Å². The molecule has 2 heterocycles. The van der Waals surface area contributed by atoms with Crippen LogP contribution in [0.3, 0.4) is 0 Å². The Morgan fingerprint density at radius 2 is 1.45 bits per heavy atom. The van der Waals surface area contributed by atoms with E-state index in [4.69, 9.17) is 19.9 Å². The Labute approximate surface area is 358 Å². The second-order valence-electron chi connectivity index (χ2n) is 14.6. The monoisotopic (exact) mass is 889 g/mol. The molecule has 0 atom stereocenters. The van der Waals surface area contributed by atoms with Crippen molar-refractivity contribution < 1.29 is 59.3 Å². The lowest BCUT2D eigenvalue weighted by Gasteiger charge is -2.38. The Bertz CT molecular complexity index is 2220. The van der Waals surface area contributed by atoms with Crippen molar-refractivity contribution in [2.45, 2.75) is 50.8 Å². The minimum Gasteiger partial charge on any atom is -0.420 e. The highest BCUT2D eigenvalue weighted by Crippen LogP contribution is 2.34. The first-order valence-electron chi connectivity index (χ1n) is 20.3. The quantitative estimate of drug-likeness (QED) is 0.0406. The normalized spacial score (nSPS) is 14.3. The van der Waals surface area contributed by atoms with Gasteiger partial charge in [-0.25, -0.2) is 22.2 Å². The molecule has 2 aliphatic rings. The molecule has 1 fully saturated rings. The highest BCUT2D eigenvalue weighted by Gasteiger charge is 2.37. The number of nitrogens with two attached hydrogens (primary N) is 1. The molecule has 3 N–H and O–H groups in total. The molecule has 0 unspecified atom stereocenters. The number of amides is 2. The smallest absolute Gasteiger partial charge is 0.313 e. The topological polar surface area (TPSA) is 179 Å². The van der Waals surface area contributed by atoms with Crippen molar-refractivity contribution in [3.8, 4) is 16.9 Å². The lowest BCUT2D eigenvalue weighted by atomic mass is 10.0. The maximum atomic E-state index is 13.6. The first-order valence-corrected chi connectivity index (χ1v) is 21.8. The van der Waals surface area contributed by atoms with Gasteiger partial charge in [0, 0.05) is 68.7 Å². The van der Waals surface area contributed by atoms with Crippen LogP contribution < -0.4 is 15.8 Å². The summed E-state index contributed by atoms with van der Waals surface area (Å²) in [6, 6.07) is 12.2. The van der Waals surface area contributed by atoms with Crippen LogP contribution in [-0.4, -0.2) is 114 Å². The average Bonchev–Trinajstić information content (AvgIpc) is 3.40. The van der Waals surface area contributed by atoms with Crippen LogP contribution in [0.25, 0.3) is 17.2 Å². The first kappa shape index (κ1) is 47.8. The Kier molecular flexibility index (Phi) is 17.6. The van der Waals surface area contributed by atoms with Crippen LogP contribution in [0.15, 0.2) is 64.0 Å². The van der Waals surface area contributed by atoms with Crippen molar-refractivity contribution >= 4 is 45.4 Å². The van der Waals surface area contributed by atoms with E-state index >= 15 is 0 Å². The van der Waals surface area contributed by atoms with Crippen LogP contribution in [0.1, 0.15) is 51.5 Å². The minimum atomic E-state index is -3.80. The van der Waals surface area contributed by atoms with Crippen molar-refractivity contribution in [2.75, 3.05) is 72.4 Å². The summed E-state index contributed by atoms with van der Waals surface area (Å²) in [5.74, 6) is -9.70. The predicted octanol–water partition coefficient (Wildman–Crippen LogP) is 5.51. The van der Waals surface area contributed by atoms with Gasteiger partial charge < -0.3 is 34.9 Å². The molecule has 5 rings (SSSR count). The van der Waals surface area contributed by atoms with Gasteiger partial charge in [-0.05, 0) is 48.2 Å². The summed E-state index contributed by atoms with van der Waals surface area (Å²) in [5, 5.41) is 2.81. The van der Waals surface area contributed by atoms with Crippen molar-refractivity contribution in [1.82, 2.24) is 14.5 Å². The molecule has 14 nitrogen and oxygen atoms in total. The first-order chi connectivity index (χ1) is 29.7. The van der Waals surface area contributed by atoms with Gasteiger partial charge in [0.2, 0.25) is 39.2 Å². The number of aliphatic imine (C=N–C) groups is 1. The van der Waals surface area contributed by atoms with Gasteiger partial charge in [0.25, 0.3) is 0 Å². The number of carbonyl (C=O) groups is 3. The number of halogens is 4. The standard InChI is InChI=1S/C43H51F4N5O9S/c1-3-12-51(13-4-2)43(55)32-20-31-9-8-30(22-36(31)50-37(48)23-32)29-6-5-7-33(21-29)62(56,57)52-26-28(27-52)25-49-38(53)10-14-58-16-18-60-19-17-59-15-11-39(54)61-42-40(46)34(44)24-35(45)41(42)47/h5-9,20-22,24,28H,3-4,10-19,23,25-27H2,1-2H3,(H2,48,50)(H,49,53). The number of amidine groups is 1. The fraction of sp³-hybridized carbons (Fsp3) is 0.442. The summed E-state index contributed by atoms with van der Waals surface area (Å²) in [7, 11) is -3.80. The van der Waals surface area contributed by atoms with Gasteiger partial charge in [0.15, 0.2) is 11.6 Å². The largest absolute Gasteiger partial charge is 0.420 e. The number of carbonyl (C=O) groups excluding carboxylic acids is 3. The number of rotatable bonds is 23. The van der Waals surface area contributed by atoms with Gasteiger partial charge in [-0.3, -0.25) is 14.4 Å². The van der Waals surface area contributed by atoms with E-state index in [9.17, 15) is 40.4 Å². The third kappa shape index (κ3) is 12.9. The van der Waals surface area contributed by atoms with Crippen molar-refractivity contribution in [1.29, 1.82) is 0 Å². The summed E-state index contributed by atoms with van der Waals surface area (Å²) >= 11 is 0. The fourth-order valence-corrected chi connectivity index (χ4v) is 8.25. The summed E-state index contributed by atoms with van der Waals surface area (Å²) < 4.78 is 103. The lowest BCUT2D eigenvalue weighted by molar-refractivity contribution is -0.136. The van der Waals surface area contributed by atoms with Crippen molar-refractivity contribution in [2.24, 2.45) is 16.6 Å². The molecule has 0 aromatic heterocycles. The molecule has 2 amide bonds. The zero-order valence-electron chi connectivity index (χ0n) is 34.6. The number of nitrogens with zero attached hydrogens (tertiary/aromatic N) is 3. The van der Waals surface area contributed by atoms with Gasteiger partial charge in [0.1, 0.15) is 5.84 Å². The van der Waals surface area contributed by atoms with E-state index in [0.29, 0.717) is 42.3 Å². The molecule has 0 saturated carbocycles. The van der Waals surface area contributed by atoms with E-state index in [1.54, 1.807) is 18.2 Å². The Morgan fingerprint density at radius 1 is 0.839 bits per heavy atom. The molecule has 0 bridgehead atoms. The number of benzene rings is 3. The minimum absolute atomic E-state index is 0.000756. The number of hydrogen-bond donors (Lipinski definition) is 2. The number of fused-ring (bicyclic) bond motifs is 1. The lowest BCUT2D eigenvalue weighted by Crippen LogP contribution is -2.53. The second-order valence-corrected chi connectivity index (χ2v) is 16.6. The molecule has 0 spiro atoms. The average molecular weight is 890 g/mol. The maximum Gasteiger partial charge on any atom is 0.313 e. The SMILES string of the molecule is CCCN(CCC)C(=O)C1=Cc2ccc(-c3cccc(S(=O)(=O)N4CC(CNC(=O)CCOCCOCCOCCC(=O)Oc5c(F)c(F)cc(F)c5F)C4)c3)cc2N=C(N)C1. The molecule has 3 aromatic rings. The summed E-state index contributed by atoms with van der Waals surface area (Å²) in [5.41, 5.74) is 9.60. The third-order valence-electron chi connectivity index (χ3n) is 9.82. The van der Waals surface area contributed by atoms with Crippen LogP contribution in [0.5, 0.6) is 5.75 Å². The van der Waals surface area contributed by atoms with E-state index in [1.165, 1.54) is 4.31 Å². The Hall–Kier alpha value is -5.21. The van der Waals surface area contributed by atoms with E-state index in [-0.39, 0.29) is 94.3 Å². The summed E-state index contributed by atoms with van der Waals surface area (Å²) in [4.78, 5) is 44.0. The van der Waals surface area contributed by atoms with Gasteiger partial charge in [-0.2, -0.15) is 13.1 Å². The van der Waals surface area contributed by atoms with Gasteiger partial charge in [-0.15, -0.1) is 0 Å². The molecular formula is C43H51F4N5O9S. The maximum absolute atomic E-state index is 13.6.